The van der Waals surface area contributed by atoms with E-state index < -0.39 is 28.4 Å². The lowest BCUT2D eigenvalue weighted by Gasteiger charge is -2.16. The second kappa shape index (κ2) is 6.49. The number of hydrogen-bond donors (Lipinski definition) is 1. The number of nitro groups is 1. The lowest BCUT2D eigenvalue weighted by atomic mass is 10.3. The number of halogens is 1. The summed E-state index contributed by atoms with van der Waals surface area (Å²) in [6.07, 6.45) is 1.97. The van der Waals surface area contributed by atoms with Crippen molar-refractivity contribution in [1.29, 1.82) is 0 Å². The molecule has 1 aromatic rings. The average molecular weight is 298 g/mol. The van der Waals surface area contributed by atoms with Crippen LogP contribution in [0.15, 0.2) is 18.2 Å². The van der Waals surface area contributed by atoms with E-state index in [1.54, 1.807) is 0 Å². The molecule has 1 atom stereocenters. The number of esters is 1. The summed E-state index contributed by atoms with van der Waals surface area (Å²) >= 11 is 0. The summed E-state index contributed by atoms with van der Waals surface area (Å²) in [6.45, 7) is -0.0412. The van der Waals surface area contributed by atoms with Crippen LogP contribution in [0.3, 0.4) is 0 Å². The van der Waals surface area contributed by atoms with Gasteiger partial charge in [-0.2, -0.15) is 4.39 Å². The molecular weight excluding hydrogens is 283 g/mol. The molecule has 1 aromatic carbocycles. The number of methoxy groups -OCH3 is 1. The summed E-state index contributed by atoms with van der Waals surface area (Å²) in [7, 11) is 1.27. The highest BCUT2D eigenvalue weighted by Gasteiger charge is 2.29. The summed E-state index contributed by atoms with van der Waals surface area (Å²) in [5.74, 6) is -1.34. The molecular formula is C13H15FN2O5. The predicted molar refractivity (Wildman–Crippen MR) is 70.5 cm³/mol. The van der Waals surface area contributed by atoms with Crippen LogP contribution in [0.5, 0.6) is 5.75 Å². The normalized spacial score (nSPS) is 15.3. The third-order valence-corrected chi connectivity index (χ3v) is 3.03. The van der Waals surface area contributed by atoms with Crippen LogP contribution < -0.4 is 10.1 Å². The molecule has 0 aliphatic heterocycles. The van der Waals surface area contributed by atoms with Crippen molar-refractivity contribution in [2.45, 2.75) is 24.9 Å². The number of benzene rings is 1. The van der Waals surface area contributed by atoms with E-state index in [2.05, 4.69) is 10.1 Å². The van der Waals surface area contributed by atoms with Gasteiger partial charge < -0.3 is 9.47 Å². The molecule has 2 rings (SSSR count). The summed E-state index contributed by atoms with van der Waals surface area (Å²) in [4.78, 5) is 21.3. The number of ether oxygens (including phenoxy) is 2. The second-order valence-corrected chi connectivity index (χ2v) is 4.70. The largest absolute Gasteiger partial charge is 0.491 e. The molecule has 1 aliphatic carbocycles. The van der Waals surface area contributed by atoms with Crippen molar-refractivity contribution in [2.75, 3.05) is 13.7 Å². The fourth-order valence-corrected chi connectivity index (χ4v) is 1.77. The first-order chi connectivity index (χ1) is 10.0. The zero-order valence-corrected chi connectivity index (χ0v) is 11.4. The predicted octanol–water partition coefficient (Wildman–Crippen LogP) is 1.41. The van der Waals surface area contributed by atoms with Gasteiger partial charge in [-0.3, -0.25) is 20.2 Å². The molecule has 1 N–H and O–H groups in total. The van der Waals surface area contributed by atoms with Gasteiger partial charge >= 0.3 is 11.7 Å². The Balaban J connectivity index is 1.97. The van der Waals surface area contributed by atoms with Gasteiger partial charge in [0.1, 0.15) is 18.4 Å². The third-order valence-electron chi connectivity index (χ3n) is 3.03. The molecule has 1 unspecified atom stereocenters. The van der Waals surface area contributed by atoms with Crippen molar-refractivity contribution in [3.05, 3.63) is 34.1 Å². The van der Waals surface area contributed by atoms with Gasteiger partial charge in [0.25, 0.3) is 0 Å². The number of nitro benzene ring substituents is 1. The van der Waals surface area contributed by atoms with E-state index in [-0.39, 0.29) is 18.4 Å². The van der Waals surface area contributed by atoms with Gasteiger partial charge in [0.2, 0.25) is 5.82 Å². The van der Waals surface area contributed by atoms with Crippen molar-refractivity contribution in [1.82, 2.24) is 5.32 Å². The number of carbonyl (C=O) groups is 1. The van der Waals surface area contributed by atoms with Crippen LogP contribution in [-0.2, 0) is 9.53 Å². The summed E-state index contributed by atoms with van der Waals surface area (Å²) in [5.41, 5.74) is -0.622. The highest BCUT2D eigenvalue weighted by atomic mass is 19.1. The first-order valence-electron chi connectivity index (χ1n) is 6.42. The van der Waals surface area contributed by atoms with Crippen LogP contribution in [0.4, 0.5) is 10.1 Å². The molecule has 0 saturated heterocycles. The Hall–Kier alpha value is -2.22. The average Bonchev–Trinajstić information content (AvgIpc) is 3.26. The third kappa shape index (κ3) is 4.12. The van der Waals surface area contributed by atoms with Crippen molar-refractivity contribution in [3.8, 4) is 5.75 Å². The monoisotopic (exact) mass is 298 g/mol. The number of nitrogens with one attached hydrogen (secondary N) is 1. The first-order valence-corrected chi connectivity index (χ1v) is 6.42. The molecule has 1 fully saturated rings. The Labute approximate surface area is 120 Å². The first kappa shape index (κ1) is 15.2. The fraction of sp³-hybridized carbons (Fsp3) is 0.462. The summed E-state index contributed by atoms with van der Waals surface area (Å²) in [5, 5.41) is 13.6. The topological polar surface area (TPSA) is 90.7 Å². The SMILES string of the molecule is COC(=O)C(COc1ccc([N+](=O)[O-])c(F)c1)NC1CC1. The molecule has 0 heterocycles. The minimum absolute atomic E-state index is 0.0412. The maximum atomic E-state index is 13.4. The Morgan fingerprint density at radius 2 is 2.29 bits per heavy atom. The van der Waals surface area contributed by atoms with Crippen molar-refractivity contribution < 1.29 is 23.6 Å². The maximum Gasteiger partial charge on any atom is 0.326 e. The Bertz CT molecular complexity index is 547. The van der Waals surface area contributed by atoms with Crippen LogP contribution in [0.25, 0.3) is 0 Å². The number of carbonyl (C=O) groups excluding carboxylic acids is 1. The number of rotatable bonds is 7. The molecule has 7 nitrogen and oxygen atoms in total. The second-order valence-electron chi connectivity index (χ2n) is 4.70. The van der Waals surface area contributed by atoms with E-state index >= 15 is 0 Å². The lowest BCUT2D eigenvalue weighted by molar-refractivity contribution is -0.387. The van der Waals surface area contributed by atoms with Crippen LogP contribution in [0.2, 0.25) is 0 Å². The standard InChI is InChI=1S/C13H15FN2O5/c1-20-13(17)11(15-8-2-3-8)7-21-9-4-5-12(16(18)19)10(14)6-9/h4-6,8,11,15H,2-3,7H2,1H3. The molecule has 21 heavy (non-hydrogen) atoms. The molecule has 114 valence electrons. The molecule has 0 radical (unpaired) electrons. The van der Waals surface area contributed by atoms with Crippen molar-refractivity contribution >= 4 is 11.7 Å². The Kier molecular flexibility index (Phi) is 4.69. The molecule has 0 bridgehead atoms. The van der Waals surface area contributed by atoms with Crippen molar-refractivity contribution in [2.24, 2.45) is 0 Å². The molecule has 1 saturated carbocycles. The van der Waals surface area contributed by atoms with Gasteiger partial charge in [-0.05, 0) is 18.9 Å². The van der Waals surface area contributed by atoms with E-state index in [1.807, 2.05) is 0 Å². The van der Waals surface area contributed by atoms with Gasteiger partial charge in [-0.25, -0.2) is 0 Å². The molecule has 1 aliphatic rings. The van der Waals surface area contributed by atoms with Crippen LogP contribution in [0.1, 0.15) is 12.8 Å². The van der Waals surface area contributed by atoms with Crippen LogP contribution in [-0.4, -0.2) is 36.7 Å². The van der Waals surface area contributed by atoms with Crippen LogP contribution in [0, 0.1) is 15.9 Å². The molecule has 8 heteroatoms. The number of hydrogen-bond acceptors (Lipinski definition) is 6. The highest BCUT2D eigenvalue weighted by Crippen LogP contribution is 2.23. The maximum absolute atomic E-state index is 13.4. The Morgan fingerprint density at radius 1 is 1.57 bits per heavy atom. The van der Waals surface area contributed by atoms with E-state index in [0.29, 0.717) is 0 Å². The zero-order chi connectivity index (χ0) is 15.4. The van der Waals surface area contributed by atoms with E-state index in [1.165, 1.54) is 13.2 Å². The van der Waals surface area contributed by atoms with Gasteiger partial charge in [0, 0.05) is 18.2 Å². The fourth-order valence-electron chi connectivity index (χ4n) is 1.77. The van der Waals surface area contributed by atoms with E-state index in [4.69, 9.17) is 4.74 Å². The van der Waals surface area contributed by atoms with Gasteiger partial charge in [0.15, 0.2) is 0 Å². The van der Waals surface area contributed by atoms with Gasteiger partial charge in [-0.15, -0.1) is 0 Å². The van der Waals surface area contributed by atoms with Crippen LogP contribution >= 0.6 is 0 Å². The quantitative estimate of drug-likeness (QED) is 0.465. The molecule has 0 spiro atoms. The van der Waals surface area contributed by atoms with Gasteiger partial charge in [0.05, 0.1) is 12.0 Å². The van der Waals surface area contributed by atoms with E-state index in [9.17, 15) is 19.3 Å². The minimum atomic E-state index is -0.984. The molecule has 0 aromatic heterocycles. The summed E-state index contributed by atoms with van der Waals surface area (Å²) in [6, 6.07) is 2.84. The Morgan fingerprint density at radius 3 is 2.81 bits per heavy atom. The zero-order valence-electron chi connectivity index (χ0n) is 11.4. The summed E-state index contributed by atoms with van der Waals surface area (Å²) < 4.78 is 23.4. The smallest absolute Gasteiger partial charge is 0.326 e. The highest BCUT2D eigenvalue weighted by molar-refractivity contribution is 5.76. The van der Waals surface area contributed by atoms with Crippen molar-refractivity contribution in [3.63, 3.8) is 0 Å². The lowest BCUT2D eigenvalue weighted by Crippen LogP contribution is -2.43. The molecule has 0 amide bonds. The minimum Gasteiger partial charge on any atom is -0.491 e. The van der Waals surface area contributed by atoms with Gasteiger partial charge in [-0.1, -0.05) is 0 Å². The van der Waals surface area contributed by atoms with E-state index in [0.717, 1.165) is 25.0 Å². The number of nitrogens with zero attached hydrogens (tertiary/aromatic N) is 1.